The molecule has 0 saturated heterocycles. The predicted molar refractivity (Wildman–Crippen MR) is 74.7 cm³/mol. The summed E-state index contributed by atoms with van der Waals surface area (Å²) in [4.78, 5) is 4.49. The minimum atomic E-state index is 0.767. The van der Waals surface area contributed by atoms with Gasteiger partial charge in [0.15, 0.2) is 0 Å². The molecule has 0 atom stereocenters. The van der Waals surface area contributed by atoms with Gasteiger partial charge in [0.25, 0.3) is 0 Å². The Bertz CT molecular complexity index is 517. The van der Waals surface area contributed by atoms with Crippen molar-refractivity contribution in [1.29, 1.82) is 0 Å². The van der Waals surface area contributed by atoms with Crippen molar-refractivity contribution in [2.24, 2.45) is 7.05 Å². The molecule has 2 rings (SSSR count). The van der Waals surface area contributed by atoms with E-state index in [2.05, 4.69) is 15.4 Å². The van der Waals surface area contributed by atoms with E-state index in [1.54, 1.807) is 4.68 Å². The lowest BCUT2D eigenvalue weighted by molar-refractivity contribution is 0.147. The summed E-state index contributed by atoms with van der Waals surface area (Å²) >= 11 is 0. The van der Waals surface area contributed by atoms with Crippen LogP contribution < -0.4 is 5.32 Å². The van der Waals surface area contributed by atoms with Gasteiger partial charge in [-0.15, -0.1) is 0 Å². The maximum absolute atomic E-state index is 5.31. The highest BCUT2D eigenvalue weighted by Gasteiger charge is 2.08. The third-order valence-electron chi connectivity index (χ3n) is 2.75. The molecule has 0 aliphatic heterocycles. The predicted octanol–water partition coefficient (Wildman–Crippen LogP) is 1.75. The molecule has 19 heavy (non-hydrogen) atoms. The van der Waals surface area contributed by atoms with Crippen LogP contribution in [0, 0.1) is 6.92 Å². The number of nitrogens with zero attached hydrogens (tertiary/aromatic N) is 4. The van der Waals surface area contributed by atoms with Gasteiger partial charge >= 0.3 is 0 Å². The zero-order chi connectivity index (χ0) is 13.7. The van der Waals surface area contributed by atoms with E-state index in [1.165, 1.54) is 0 Å². The van der Waals surface area contributed by atoms with Crippen molar-refractivity contribution in [2.75, 3.05) is 25.1 Å². The Kier molecular flexibility index (Phi) is 4.57. The maximum atomic E-state index is 5.31. The van der Waals surface area contributed by atoms with Crippen LogP contribution in [0.3, 0.4) is 0 Å². The van der Waals surface area contributed by atoms with E-state index in [-0.39, 0.29) is 0 Å². The summed E-state index contributed by atoms with van der Waals surface area (Å²) in [5, 5.41) is 7.52. The molecular formula is C13H21N5O. The zero-order valence-corrected chi connectivity index (χ0v) is 11.8. The van der Waals surface area contributed by atoms with Crippen LogP contribution in [0.4, 0.5) is 5.95 Å². The summed E-state index contributed by atoms with van der Waals surface area (Å²) in [6.45, 7) is 6.38. The smallest absolute Gasteiger partial charge is 0.207 e. The van der Waals surface area contributed by atoms with E-state index >= 15 is 0 Å². The van der Waals surface area contributed by atoms with Crippen LogP contribution in [0.1, 0.15) is 19.0 Å². The number of anilines is 1. The van der Waals surface area contributed by atoms with Gasteiger partial charge in [-0.25, -0.2) is 4.98 Å². The number of aryl methyl sites for hydroxylation is 2. The quantitative estimate of drug-likeness (QED) is 0.773. The third kappa shape index (κ3) is 3.57. The molecule has 2 aromatic rings. The minimum absolute atomic E-state index is 0.767. The first-order chi connectivity index (χ1) is 9.20. The van der Waals surface area contributed by atoms with Crippen LogP contribution in [-0.4, -0.2) is 39.1 Å². The molecule has 0 fully saturated rings. The number of hydrogen-bond donors (Lipinski definition) is 1. The van der Waals surface area contributed by atoms with Gasteiger partial charge < -0.3 is 10.1 Å². The second-order valence-electron chi connectivity index (χ2n) is 4.43. The molecule has 0 aromatic carbocycles. The van der Waals surface area contributed by atoms with Gasteiger partial charge in [0.1, 0.15) is 0 Å². The number of aromatic nitrogens is 4. The first kappa shape index (κ1) is 13.6. The molecular weight excluding hydrogens is 242 g/mol. The zero-order valence-electron chi connectivity index (χ0n) is 11.8. The Morgan fingerprint density at radius 3 is 2.89 bits per heavy atom. The lowest BCUT2D eigenvalue weighted by Crippen LogP contribution is -2.09. The lowest BCUT2D eigenvalue weighted by atomic mass is 10.4. The highest BCUT2D eigenvalue weighted by molar-refractivity contribution is 5.40. The molecule has 0 spiro atoms. The summed E-state index contributed by atoms with van der Waals surface area (Å²) in [7, 11) is 1.91. The Morgan fingerprint density at radius 2 is 2.21 bits per heavy atom. The largest absolute Gasteiger partial charge is 0.382 e. The van der Waals surface area contributed by atoms with E-state index in [1.807, 2.05) is 44.1 Å². The van der Waals surface area contributed by atoms with Crippen LogP contribution >= 0.6 is 0 Å². The van der Waals surface area contributed by atoms with Gasteiger partial charge in [0, 0.05) is 39.2 Å². The number of ether oxygens (including phenoxy) is 1. The SMILES string of the molecule is CCOCCCNc1nc(C)cn1-c1cnn(C)c1. The summed E-state index contributed by atoms with van der Waals surface area (Å²) in [5.41, 5.74) is 1.99. The molecule has 0 aliphatic carbocycles. The van der Waals surface area contributed by atoms with Crippen molar-refractivity contribution >= 4 is 5.95 Å². The van der Waals surface area contributed by atoms with Crippen molar-refractivity contribution in [3.8, 4) is 5.69 Å². The highest BCUT2D eigenvalue weighted by Crippen LogP contribution is 2.15. The Morgan fingerprint density at radius 1 is 1.37 bits per heavy atom. The minimum Gasteiger partial charge on any atom is -0.382 e. The van der Waals surface area contributed by atoms with E-state index in [4.69, 9.17) is 4.74 Å². The van der Waals surface area contributed by atoms with Crippen LogP contribution in [0.25, 0.3) is 5.69 Å². The summed E-state index contributed by atoms with van der Waals surface area (Å²) in [5.74, 6) is 0.849. The van der Waals surface area contributed by atoms with Crippen molar-refractivity contribution in [1.82, 2.24) is 19.3 Å². The number of imidazole rings is 1. The standard InChI is InChI=1S/C13H21N5O/c1-4-19-7-5-6-14-13-16-11(2)9-18(13)12-8-15-17(3)10-12/h8-10H,4-7H2,1-3H3,(H,14,16). The van der Waals surface area contributed by atoms with E-state index < -0.39 is 0 Å². The van der Waals surface area contributed by atoms with Crippen molar-refractivity contribution in [3.63, 3.8) is 0 Å². The first-order valence-corrected chi connectivity index (χ1v) is 6.57. The first-order valence-electron chi connectivity index (χ1n) is 6.57. The monoisotopic (exact) mass is 263 g/mol. The summed E-state index contributed by atoms with van der Waals surface area (Å²) in [6, 6.07) is 0. The van der Waals surface area contributed by atoms with Gasteiger partial charge in [-0.2, -0.15) is 5.10 Å². The molecule has 0 unspecified atom stereocenters. The Hall–Kier alpha value is -1.82. The molecule has 0 amide bonds. The molecule has 0 aliphatic rings. The van der Waals surface area contributed by atoms with Crippen LogP contribution in [-0.2, 0) is 11.8 Å². The van der Waals surface area contributed by atoms with Gasteiger partial charge in [0.05, 0.1) is 17.6 Å². The third-order valence-corrected chi connectivity index (χ3v) is 2.75. The molecule has 6 nitrogen and oxygen atoms in total. The van der Waals surface area contributed by atoms with Gasteiger partial charge in [0.2, 0.25) is 5.95 Å². The fourth-order valence-electron chi connectivity index (χ4n) is 1.87. The molecule has 2 heterocycles. The van der Waals surface area contributed by atoms with Crippen LogP contribution in [0.2, 0.25) is 0 Å². The Balaban J connectivity index is 2.00. The molecule has 104 valence electrons. The summed E-state index contributed by atoms with van der Waals surface area (Å²) in [6.07, 6.45) is 6.76. The molecule has 0 saturated carbocycles. The number of nitrogens with one attached hydrogen (secondary N) is 1. The normalized spacial score (nSPS) is 10.9. The van der Waals surface area contributed by atoms with Crippen molar-refractivity contribution in [3.05, 3.63) is 24.3 Å². The average Bonchev–Trinajstić information content (AvgIpc) is 2.95. The van der Waals surface area contributed by atoms with Crippen LogP contribution in [0.5, 0.6) is 0 Å². The van der Waals surface area contributed by atoms with E-state index in [0.29, 0.717) is 0 Å². The number of rotatable bonds is 7. The highest BCUT2D eigenvalue weighted by atomic mass is 16.5. The fourth-order valence-corrected chi connectivity index (χ4v) is 1.87. The Labute approximate surface area is 113 Å². The topological polar surface area (TPSA) is 56.9 Å². The van der Waals surface area contributed by atoms with Crippen LogP contribution in [0.15, 0.2) is 18.6 Å². The summed E-state index contributed by atoms with van der Waals surface area (Å²) < 4.78 is 9.11. The lowest BCUT2D eigenvalue weighted by Gasteiger charge is -2.07. The molecule has 2 aromatic heterocycles. The molecule has 0 bridgehead atoms. The van der Waals surface area contributed by atoms with E-state index in [0.717, 1.165) is 43.5 Å². The second-order valence-corrected chi connectivity index (χ2v) is 4.43. The molecule has 1 N–H and O–H groups in total. The maximum Gasteiger partial charge on any atom is 0.207 e. The van der Waals surface area contributed by atoms with Gasteiger partial charge in [-0.05, 0) is 20.3 Å². The molecule has 6 heteroatoms. The van der Waals surface area contributed by atoms with Gasteiger partial charge in [-0.1, -0.05) is 0 Å². The average molecular weight is 263 g/mol. The second kappa shape index (κ2) is 6.38. The fraction of sp³-hybridized carbons (Fsp3) is 0.538. The molecule has 0 radical (unpaired) electrons. The van der Waals surface area contributed by atoms with Gasteiger partial charge in [-0.3, -0.25) is 9.25 Å². The van der Waals surface area contributed by atoms with Crippen molar-refractivity contribution in [2.45, 2.75) is 20.3 Å². The number of hydrogen-bond acceptors (Lipinski definition) is 4. The van der Waals surface area contributed by atoms with Crippen molar-refractivity contribution < 1.29 is 4.74 Å². The van der Waals surface area contributed by atoms with E-state index in [9.17, 15) is 0 Å².